The topological polar surface area (TPSA) is 58.8 Å². The Balaban J connectivity index is 2.86. The van der Waals surface area contributed by atoms with Crippen molar-refractivity contribution in [2.24, 2.45) is 5.73 Å². The summed E-state index contributed by atoms with van der Waals surface area (Å²) in [6, 6.07) is 4.72. The van der Waals surface area contributed by atoms with E-state index in [1.807, 2.05) is 6.07 Å². The van der Waals surface area contributed by atoms with Gasteiger partial charge in [0.25, 0.3) is 0 Å². The molecule has 1 amide bonds. The Morgan fingerprint density at radius 1 is 1.21 bits per heavy atom. The van der Waals surface area contributed by atoms with Gasteiger partial charge in [-0.05, 0) is 30.8 Å². The number of methoxy groups -OCH3 is 1. The number of carbonyl (C=O) groups is 1. The minimum Gasteiger partial charge on any atom is -0.383 e. The molecule has 1 atom stereocenters. The average molecular weight is 376 g/mol. The van der Waals surface area contributed by atoms with E-state index < -0.39 is 6.04 Å². The molecular weight excluding hydrogens is 349 g/mol. The zero-order valence-electron chi connectivity index (χ0n) is 14.6. The number of likely N-dealkylation sites (N-methyl/N-ethyl adjacent to an activating group) is 1. The smallest absolute Gasteiger partial charge is 0.242 e. The predicted octanol–water partition coefficient (Wildman–Crippen LogP) is 2.64. The Bertz CT molecular complexity index is 525. The maximum absolute atomic E-state index is 12.6. The number of ether oxygens (including phenoxy) is 1. The van der Waals surface area contributed by atoms with E-state index in [1.165, 1.54) is 7.11 Å². The van der Waals surface area contributed by atoms with E-state index in [9.17, 15) is 4.79 Å². The third-order valence-corrected chi connectivity index (χ3v) is 4.65. The minimum absolute atomic E-state index is 0.130. The summed E-state index contributed by atoms with van der Waals surface area (Å²) in [5.74, 6) is -0.130. The third-order valence-electron chi connectivity index (χ3n) is 3.91. The average Bonchev–Trinajstić information content (AvgIpc) is 2.57. The highest BCUT2D eigenvalue weighted by atomic mass is 35.5. The second kappa shape index (κ2) is 10.9. The molecule has 136 valence electrons. The molecule has 0 heterocycles. The molecule has 1 rings (SSSR count). The normalized spacial score (nSPS) is 12.5. The monoisotopic (exact) mass is 375 g/mol. The van der Waals surface area contributed by atoms with Gasteiger partial charge in [-0.15, -0.1) is 0 Å². The molecule has 7 heteroatoms. The molecule has 0 aliphatic carbocycles. The van der Waals surface area contributed by atoms with Gasteiger partial charge < -0.3 is 20.3 Å². The Morgan fingerprint density at radius 2 is 1.88 bits per heavy atom. The zero-order valence-corrected chi connectivity index (χ0v) is 16.1. The molecule has 2 N–H and O–H groups in total. The molecule has 0 aliphatic rings. The largest absolute Gasteiger partial charge is 0.383 e. The maximum Gasteiger partial charge on any atom is 0.242 e. The quantitative estimate of drug-likeness (QED) is 0.682. The summed E-state index contributed by atoms with van der Waals surface area (Å²) in [6.07, 6.45) is 0. The van der Waals surface area contributed by atoms with Gasteiger partial charge in [-0.2, -0.15) is 0 Å². The molecule has 1 aromatic carbocycles. The molecule has 0 fully saturated rings. The van der Waals surface area contributed by atoms with Crippen LogP contribution in [0.1, 0.15) is 19.4 Å². The van der Waals surface area contributed by atoms with Crippen LogP contribution >= 0.6 is 23.2 Å². The summed E-state index contributed by atoms with van der Waals surface area (Å²) in [6.45, 7) is 8.11. The standard InChI is InChI=1S/C17H27Cl2N3O2/c1-4-21(5-2)8-9-22(17(23)16(20)12-24-3)11-13-6-7-14(18)15(19)10-13/h6-7,10,16H,4-5,8-9,11-12,20H2,1-3H3. The van der Waals surface area contributed by atoms with Crippen LogP contribution in [0.15, 0.2) is 18.2 Å². The maximum atomic E-state index is 12.6. The summed E-state index contributed by atoms with van der Waals surface area (Å²) >= 11 is 12.0. The van der Waals surface area contributed by atoms with E-state index >= 15 is 0 Å². The van der Waals surface area contributed by atoms with E-state index in [2.05, 4.69) is 18.7 Å². The van der Waals surface area contributed by atoms with E-state index in [1.54, 1.807) is 17.0 Å². The lowest BCUT2D eigenvalue weighted by atomic mass is 10.2. The minimum atomic E-state index is -0.672. The Morgan fingerprint density at radius 3 is 2.42 bits per heavy atom. The predicted molar refractivity (Wildman–Crippen MR) is 99.5 cm³/mol. The lowest BCUT2D eigenvalue weighted by Gasteiger charge is -2.28. The van der Waals surface area contributed by atoms with Crippen LogP contribution in [-0.2, 0) is 16.1 Å². The van der Waals surface area contributed by atoms with E-state index in [0.29, 0.717) is 23.1 Å². The fourth-order valence-corrected chi connectivity index (χ4v) is 2.73. The first-order valence-corrected chi connectivity index (χ1v) is 8.88. The van der Waals surface area contributed by atoms with Gasteiger partial charge in [0.15, 0.2) is 0 Å². The highest BCUT2D eigenvalue weighted by Crippen LogP contribution is 2.23. The summed E-state index contributed by atoms with van der Waals surface area (Å²) in [5, 5.41) is 0.976. The summed E-state index contributed by atoms with van der Waals surface area (Å²) < 4.78 is 5.01. The number of carbonyl (C=O) groups excluding carboxylic acids is 1. The lowest BCUT2D eigenvalue weighted by Crippen LogP contribution is -2.48. The van der Waals surface area contributed by atoms with Gasteiger partial charge in [0.2, 0.25) is 5.91 Å². The van der Waals surface area contributed by atoms with Crippen molar-refractivity contribution in [2.75, 3.05) is 39.9 Å². The third kappa shape index (κ3) is 6.57. The first-order chi connectivity index (χ1) is 11.4. The first-order valence-electron chi connectivity index (χ1n) is 8.12. The molecule has 0 saturated heterocycles. The van der Waals surface area contributed by atoms with E-state index in [-0.39, 0.29) is 12.5 Å². The zero-order chi connectivity index (χ0) is 18.1. The molecule has 24 heavy (non-hydrogen) atoms. The van der Waals surface area contributed by atoms with Gasteiger partial charge in [0, 0.05) is 26.7 Å². The number of nitrogens with zero attached hydrogens (tertiary/aromatic N) is 2. The van der Waals surface area contributed by atoms with Crippen molar-refractivity contribution in [1.29, 1.82) is 0 Å². The fourth-order valence-electron chi connectivity index (χ4n) is 2.41. The van der Waals surface area contributed by atoms with Crippen LogP contribution < -0.4 is 5.73 Å². The van der Waals surface area contributed by atoms with Crippen LogP contribution in [0.2, 0.25) is 10.0 Å². The van der Waals surface area contributed by atoms with E-state index in [4.69, 9.17) is 33.7 Å². The van der Waals surface area contributed by atoms with Crippen molar-refractivity contribution in [3.8, 4) is 0 Å². The van der Waals surface area contributed by atoms with Crippen LogP contribution in [0.25, 0.3) is 0 Å². The van der Waals surface area contributed by atoms with Crippen molar-refractivity contribution in [3.05, 3.63) is 33.8 Å². The van der Waals surface area contributed by atoms with Crippen LogP contribution in [0.3, 0.4) is 0 Å². The van der Waals surface area contributed by atoms with Gasteiger partial charge in [-0.1, -0.05) is 43.1 Å². The van der Waals surface area contributed by atoms with Crippen molar-refractivity contribution >= 4 is 29.1 Å². The van der Waals surface area contributed by atoms with Crippen molar-refractivity contribution < 1.29 is 9.53 Å². The molecule has 0 bridgehead atoms. The van der Waals surface area contributed by atoms with Crippen molar-refractivity contribution in [3.63, 3.8) is 0 Å². The van der Waals surface area contributed by atoms with Crippen molar-refractivity contribution in [1.82, 2.24) is 9.80 Å². The highest BCUT2D eigenvalue weighted by Gasteiger charge is 2.21. The van der Waals surface area contributed by atoms with Crippen LogP contribution in [0.4, 0.5) is 0 Å². The van der Waals surface area contributed by atoms with Crippen LogP contribution in [0, 0.1) is 0 Å². The summed E-state index contributed by atoms with van der Waals surface area (Å²) in [5.41, 5.74) is 6.85. The molecule has 1 unspecified atom stereocenters. The van der Waals surface area contributed by atoms with Gasteiger partial charge in [-0.3, -0.25) is 4.79 Å². The number of benzene rings is 1. The number of rotatable bonds is 10. The van der Waals surface area contributed by atoms with Gasteiger partial charge in [0.05, 0.1) is 16.7 Å². The fraction of sp³-hybridized carbons (Fsp3) is 0.588. The Kier molecular flexibility index (Phi) is 9.63. The summed E-state index contributed by atoms with van der Waals surface area (Å²) in [4.78, 5) is 16.6. The molecule has 0 saturated carbocycles. The molecule has 0 spiro atoms. The van der Waals surface area contributed by atoms with E-state index in [0.717, 1.165) is 25.2 Å². The molecule has 0 aliphatic heterocycles. The second-order valence-electron chi connectivity index (χ2n) is 5.60. The van der Waals surface area contributed by atoms with Crippen LogP contribution in [0.5, 0.6) is 0 Å². The molecule has 5 nitrogen and oxygen atoms in total. The summed E-state index contributed by atoms with van der Waals surface area (Å²) in [7, 11) is 1.53. The number of amides is 1. The number of hydrogen-bond acceptors (Lipinski definition) is 4. The Labute approximate surface area is 154 Å². The lowest BCUT2D eigenvalue weighted by molar-refractivity contribution is -0.134. The molecular formula is C17H27Cl2N3O2. The highest BCUT2D eigenvalue weighted by molar-refractivity contribution is 6.42. The molecule has 1 aromatic rings. The number of halogens is 2. The molecule has 0 aromatic heterocycles. The Hall–Kier alpha value is -0.850. The van der Waals surface area contributed by atoms with Gasteiger partial charge in [0.1, 0.15) is 6.04 Å². The molecule has 0 radical (unpaired) electrons. The first kappa shape index (κ1) is 21.2. The van der Waals surface area contributed by atoms with Crippen molar-refractivity contribution in [2.45, 2.75) is 26.4 Å². The SMILES string of the molecule is CCN(CC)CCN(Cc1ccc(Cl)c(Cl)c1)C(=O)C(N)COC. The van der Waals surface area contributed by atoms with Gasteiger partial charge in [-0.25, -0.2) is 0 Å². The number of nitrogens with two attached hydrogens (primary N) is 1. The second-order valence-corrected chi connectivity index (χ2v) is 6.41. The number of hydrogen-bond donors (Lipinski definition) is 1. The van der Waals surface area contributed by atoms with Gasteiger partial charge >= 0.3 is 0 Å². The van der Waals surface area contributed by atoms with Crippen LogP contribution in [-0.4, -0.2) is 61.6 Å².